The zero-order chi connectivity index (χ0) is 24.9. The third kappa shape index (κ3) is 5.81. The molecule has 6 nitrogen and oxygen atoms in total. The fourth-order valence-corrected chi connectivity index (χ4v) is 5.85. The van der Waals surface area contributed by atoms with Crippen LogP contribution in [0.5, 0.6) is 11.5 Å². The van der Waals surface area contributed by atoms with E-state index in [0.29, 0.717) is 30.1 Å². The molecule has 186 valence electrons. The molecule has 2 atom stereocenters. The van der Waals surface area contributed by atoms with E-state index < -0.39 is 0 Å². The maximum atomic E-state index is 12.4. The minimum atomic E-state index is -0.218. The predicted molar refractivity (Wildman–Crippen MR) is 142 cm³/mol. The van der Waals surface area contributed by atoms with Crippen LogP contribution in [0.2, 0.25) is 0 Å². The fraction of sp³-hybridized carbons (Fsp3) is 0.345. The molecule has 0 radical (unpaired) electrons. The monoisotopic (exact) mass is 502 g/mol. The molecule has 0 amide bonds. The van der Waals surface area contributed by atoms with Gasteiger partial charge in [-0.2, -0.15) is 0 Å². The summed E-state index contributed by atoms with van der Waals surface area (Å²) >= 11 is 1.67. The summed E-state index contributed by atoms with van der Waals surface area (Å²) in [7, 11) is 0. The average molecular weight is 503 g/mol. The number of ether oxygens (including phenoxy) is 1. The molecule has 0 spiro atoms. The van der Waals surface area contributed by atoms with Gasteiger partial charge in [0.2, 0.25) is 0 Å². The van der Waals surface area contributed by atoms with E-state index in [4.69, 9.17) is 14.8 Å². The molecule has 4 aromatic rings. The van der Waals surface area contributed by atoms with Crippen molar-refractivity contribution in [3.8, 4) is 22.8 Å². The normalized spacial score (nSPS) is 17.8. The molecule has 0 unspecified atom stereocenters. The highest BCUT2D eigenvalue weighted by atomic mass is 32.1. The topological polar surface area (TPSA) is 92.5 Å². The van der Waals surface area contributed by atoms with Crippen LogP contribution in [0.3, 0.4) is 0 Å². The quantitative estimate of drug-likeness (QED) is 0.265. The second-order valence-corrected chi connectivity index (χ2v) is 10.5. The number of aliphatic hydroxyl groups is 2. The van der Waals surface area contributed by atoms with Crippen molar-refractivity contribution in [3.63, 3.8) is 0 Å². The lowest BCUT2D eigenvalue weighted by atomic mass is 9.84. The first kappa shape index (κ1) is 24.6. The van der Waals surface area contributed by atoms with Gasteiger partial charge >= 0.3 is 0 Å². The highest BCUT2D eigenvalue weighted by molar-refractivity contribution is 7.18. The number of hydrogen-bond donors (Lipinski definition) is 2. The van der Waals surface area contributed by atoms with Crippen LogP contribution in [0.4, 0.5) is 0 Å². The molecule has 2 aromatic heterocycles. The number of aliphatic hydroxyl groups excluding tert-OH is 2. The van der Waals surface area contributed by atoms with Gasteiger partial charge in [-0.15, -0.1) is 11.3 Å². The van der Waals surface area contributed by atoms with Gasteiger partial charge in [-0.3, -0.25) is 9.78 Å². The van der Waals surface area contributed by atoms with E-state index in [9.17, 15) is 9.90 Å². The largest absolute Gasteiger partial charge is 0.457 e. The Morgan fingerprint density at radius 1 is 1.06 bits per heavy atom. The Labute approximate surface area is 214 Å². The number of hydrogen-bond acceptors (Lipinski definition) is 7. The van der Waals surface area contributed by atoms with Crippen molar-refractivity contribution in [2.45, 2.75) is 51.0 Å². The molecule has 2 aromatic carbocycles. The van der Waals surface area contributed by atoms with Gasteiger partial charge < -0.3 is 14.9 Å². The van der Waals surface area contributed by atoms with Crippen molar-refractivity contribution in [2.75, 3.05) is 6.61 Å². The van der Waals surface area contributed by atoms with E-state index >= 15 is 0 Å². The summed E-state index contributed by atoms with van der Waals surface area (Å²) in [6.45, 7) is 0.00462. The standard InChI is InChI=1S/C29H30N2O4S/c32-14-4-9-27(34)20-7-3-6-19(15-20)25-17-23(12-13-30-25)35-22-10-11-24-28(18-22)36-29(31-24)16-21-5-1-2-8-26(21)33/h3,6-7,10-13,15,17-18,21,26,32-33H,1-2,4-5,8-9,14,16H2/t21-,26+/m0/s1. The predicted octanol–water partition coefficient (Wildman–Crippen LogP) is 6.20. The van der Waals surface area contributed by atoms with E-state index in [1.165, 1.54) is 6.42 Å². The van der Waals surface area contributed by atoms with Gasteiger partial charge in [-0.25, -0.2) is 4.98 Å². The van der Waals surface area contributed by atoms with Crippen LogP contribution in [0.15, 0.2) is 60.8 Å². The molecule has 1 fully saturated rings. The first-order valence-electron chi connectivity index (χ1n) is 12.5. The van der Waals surface area contributed by atoms with E-state index in [1.807, 2.05) is 48.5 Å². The molecule has 2 N–H and O–H groups in total. The van der Waals surface area contributed by atoms with Gasteiger partial charge in [0.1, 0.15) is 11.5 Å². The molecular formula is C29H30N2O4S. The van der Waals surface area contributed by atoms with Crippen LogP contribution in [-0.2, 0) is 6.42 Å². The van der Waals surface area contributed by atoms with Gasteiger partial charge in [-0.1, -0.05) is 31.0 Å². The SMILES string of the molecule is O=C(CCCO)c1cccc(-c2cc(Oc3ccc4nc(C[C@@H]5CCCC[C@H]5O)sc4c3)ccn2)c1. The first-order valence-corrected chi connectivity index (χ1v) is 13.4. The number of rotatable bonds is 9. The summed E-state index contributed by atoms with van der Waals surface area (Å²) in [5.41, 5.74) is 3.12. The Kier molecular flexibility index (Phi) is 7.70. The molecule has 5 rings (SSSR count). The molecule has 0 saturated heterocycles. The fourth-order valence-electron chi connectivity index (χ4n) is 4.76. The smallest absolute Gasteiger partial charge is 0.162 e. The first-order chi connectivity index (χ1) is 17.6. The second kappa shape index (κ2) is 11.3. The third-order valence-corrected chi connectivity index (χ3v) is 7.76. The summed E-state index contributed by atoms with van der Waals surface area (Å²) in [5, 5.41) is 20.4. The summed E-state index contributed by atoms with van der Waals surface area (Å²) < 4.78 is 7.23. The maximum absolute atomic E-state index is 12.4. The summed E-state index contributed by atoms with van der Waals surface area (Å²) in [4.78, 5) is 21.6. The number of aromatic nitrogens is 2. The van der Waals surface area contributed by atoms with Crippen LogP contribution < -0.4 is 4.74 Å². The Morgan fingerprint density at radius 3 is 2.78 bits per heavy atom. The molecule has 0 bridgehead atoms. The number of ketones is 1. The maximum Gasteiger partial charge on any atom is 0.162 e. The van der Waals surface area contributed by atoms with Crippen molar-refractivity contribution in [1.29, 1.82) is 0 Å². The Morgan fingerprint density at radius 2 is 1.92 bits per heavy atom. The zero-order valence-electron chi connectivity index (χ0n) is 20.1. The average Bonchev–Trinajstić information content (AvgIpc) is 3.30. The van der Waals surface area contributed by atoms with Crippen LogP contribution >= 0.6 is 11.3 Å². The Bertz CT molecular complexity index is 1350. The van der Waals surface area contributed by atoms with Crippen molar-refractivity contribution >= 4 is 27.3 Å². The molecular weight excluding hydrogens is 472 g/mol. The minimum absolute atomic E-state index is 0.00462. The summed E-state index contributed by atoms with van der Waals surface area (Å²) in [6.07, 6.45) is 7.34. The van der Waals surface area contributed by atoms with Gasteiger partial charge in [0.25, 0.3) is 0 Å². The van der Waals surface area contributed by atoms with Crippen molar-refractivity contribution in [1.82, 2.24) is 9.97 Å². The molecule has 1 aliphatic rings. The van der Waals surface area contributed by atoms with Gasteiger partial charge in [-0.05, 0) is 49.4 Å². The van der Waals surface area contributed by atoms with E-state index in [2.05, 4.69) is 4.98 Å². The van der Waals surface area contributed by atoms with Crippen LogP contribution in [0, 0.1) is 5.92 Å². The van der Waals surface area contributed by atoms with E-state index in [1.54, 1.807) is 23.6 Å². The Balaban J connectivity index is 1.31. The minimum Gasteiger partial charge on any atom is -0.457 e. The molecule has 1 aliphatic carbocycles. The van der Waals surface area contributed by atoms with Crippen LogP contribution in [0.1, 0.15) is 53.9 Å². The number of benzene rings is 2. The van der Waals surface area contributed by atoms with Crippen molar-refractivity contribution in [3.05, 3.63) is 71.4 Å². The molecule has 2 heterocycles. The summed E-state index contributed by atoms with van der Waals surface area (Å²) in [5.74, 6) is 1.69. The highest BCUT2D eigenvalue weighted by Crippen LogP contribution is 2.33. The molecule has 7 heteroatoms. The lowest BCUT2D eigenvalue weighted by molar-refractivity contribution is 0.0700. The zero-order valence-corrected chi connectivity index (χ0v) is 20.9. The number of carbonyl (C=O) groups is 1. The van der Waals surface area contributed by atoms with Crippen LogP contribution in [-0.4, -0.2) is 38.7 Å². The number of pyridine rings is 1. The molecule has 1 saturated carbocycles. The van der Waals surface area contributed by atoms with Gasteiger partial charge in [0.05, 0.1) is 27.0 Å². The third-order valence-electron chi connectivity index (χ3n) is 6.72. The number of nitrogens with zero attached hydrogens (tertiary/aromatic N) is 2. The van der Waals surface area contributed by atoms with Gasteiger partial charge in [0, 0.05) is 48.9 Å². The number of thiazole rings is 1. The van der Waals surface area contributed by atoms with Gasteiger partial charge in [0.15, 0.2) is 5.78 Å². The van der Waals surface area contributed by atoms with Crippen LogP contribution in [0.25, 0.3) is 21.5 Å². The van der Waals surface area contributed by atoms with E-state index in [0.717, 1.165) is 57.9 Å². The number of fused-ring (bicyclic) bond motifs is 1. The van der Waals surface area contributed by atoms with Crippen molar-refractivity contribution in [2.24, 2.45) is 5.92 Å². The Hall–Kier alpha value is -3.13. The number of carbonyl (C=O) groups excluding carboxylic acids is 1. The summed E-state index contributed by atoms with van der Waals surface area (Å²) in [6, 6.07) is 17.0. The lowest BCUT2D eigenvalue weighted by Crippen LogP contribution is -2.26. The second-order valence-electron chi connectivity index (χ2n) is 9.36. The highest BCUT2D eigenvalue weighted by Gasteiger charge is 2.24. The molecule has 0 aliphatic heterocycles. The lowest BCUT2D eigenvalue weighted by Gasteiger charge is -2.26. The molecule has 36 heavy (non-hydrogen) atoms. The van der Waals surface area contributed by atoms with E-state index in [-0.39, 0.29) is 18.5 Å². The number of Topliss-reactive ketones (excluding diaryl/α,β-unsaturated/α-hetero) is 1. The van der Waals surface area contributed by atoms with Crippen molar-refractivity contribution < 1.29 is 19.7 Å².